The molecule has 0 radical (unpaired) electrons. The van der Waals surface area contributed by atoms with E-state index in [4.69, 9.17) is 10.5 Å². The fourth-order valence-corrected chi connectivity index (χ4v) is 2.20. The highest BCUT2D eigenvalue weighted by atomic mass is 16.5. The molecule has 0 saturated heterocycles. The Morgan fingerprint density at radius 1 is 1.00 bits per heavy atom. The van der Waals surface area contributed by atoms with Crippen LogP contribution in [-0.4, -0.2) is 25.5 Å². The molecule has 126 valence electrons. The smallest absolute Gasteiger partial charge is 0.259 e. The van der Waals surface area contributed by atoms with Crippen LogP contribution >= 0.6 is 0 Å². The molecule has 0 aromatic heterocycles. The number of ether oxygens (including phenoxy) is 1. The first-order chi connectivity index (χ1) is 11.7. The number of carbonyl (C=O) groups is 2. The summed E-state index contributed by atoms with van der Waals surface area (Å²) in [6.07, 6.45) is 0.951. The van der Waals surface area contributed by atoms with E-state index in [1.54, 1.807) is 48.5 Å². The number of para-hydroxylation sites is 3. The number of carbonyl (C=O) groups excluding carboxylic acids is 2. The first-order valence-corrected chi connectivity index (χ1v) is 7.69. The van der Waals surface area contributed by atoms with Gasteiger partial charge in [0.05, 0.1) is 24.0 Å². The van der Waals surface area contributed by atoms with Gasteiger partial charge in [-0.2, -0.15) is 0 Å². The minimum Gasteiger partial charge on any atom is -0.496 e. The zero-order valence-electron chi connectivity index (χ0n) is 13.5. The number of methoxy groups -OCH3 is 1. The van der Waals surface area contributed by atoms with Crippen molar-refractivity contribution in [1.82, 2.24) is 0 Å². The SMILES string of the molecule is COc1ccccc1C(=O)Nc1ccccc1NC(=O)CCCN. The summed E-state index contributed by atoms with van der Waals surface area (Å²) in [5, 5.41) is 5.59. The summed E-state index contributed by atoms with van der Waals surface area (Å²) in [4.78, 5) is 24.4. The lowest BCUT2D eigenvalue weighted by Gasteiger charge is -2.13. The van der Waals surface area contributed by atoms with Crippen LogP contribution in [0.3, 0.4) is 0 Å². The van der Waals surface area contributed by atoms with Crippen molar-refractivity contribution in [3.8, 4) is 5.75 Å². The van der Waals surface area contributed by atoms with Gasteiger partial charge in [0.15, 0.2) is 0 Å². The van der Waals surface area contributed by atoms with Crippen LogP contribution in [0.5, 0.6) is 5.75 Å². The van der Waals surface area contributed by atoms with Gasteiger partial charge in [-0.1, -0.05) is 24.3 Å². The second-order valence-electron chi connectivity index (χ2n) is 5.14. The summed E-state index contributed by atoms with van der Waals surface area (Å²) in [7, 11) is 1.51. The summed E-state index contributed by atoms with van der Waals surface area (Å²) >= 11 is 0. The molecule has 0 unspecified atom stereocenters. The third-order valence-electron chi connectivity index (χ3n) is 3.41. The Morgan fingerprint density at radius 2 is 1.62 bits per heavy atom. The number of anilines is 2. The van der Waals surface area contributed by atoms with E-state index in [2.05, 4.69) is 10.6 Å². The van der Waals surface area contributed by atoms with Gasteiger partial charge in [-0.05, 0) is 37.2 Å². The molecule has 0 spiro atoms. The third-order valence-corrected chi connectivity index (χ3v) is 3.41. The number of hydrogen-bond acceptors (Lipinski definition) is 4. The topological polar surface area (TPSA) is 93.5 Å². The maximum Gasteiger partial charge on any atom is 0.259 e. The molecule has 0 heterocycles. The average molecular weight is 327 g/mol. The van der Waals surface area contributed by atoms with Crippen LogP contribution in [0.4, 0.5) is 11.4 Å². The van der Waals surface area contributed by atoms with Crippen LogP contribution in [0, 0.1) is 0 Å². The van der Waals surface area contributed by atoms with Crippen molar-refractivity contribution in [2.45, 2.75) is 12.8 Å². The van der Waals surface area contributed by atoms with Gasteiger partial charge in [-0.3, -0.25) is 9.59 Å². The predicted octanol–water partition coefficient (Wildman–Crippen LogP) is 2.62. The number of nitrogens with one attached hydrogen (secondary N) is 2. The van der Waals surface area contributed by atoms with Crippen LogP contribution < -0.4 is 21.1 Å². The predicted molar refractivity (Wildman–Crippen MR) is 94.3 cm³/mol. The van der Waals surface area contributed by atoms with E-state index < -0.39 is 0 Å². The van der Waals surface area contributed by atoms with Crippen molar-refractivity contribution in [3.05, 3.63) is 54.1 Å². The van der Waals surface area contributed by atoms with Crippen LogP contribution in [0.1, 0.15) is 23.2 Å². The molecule has 0 aliphatic rings. The second kappa shape index (κ2) is 8.69. The molecule has 6 nitrogen and oxygen atoms in total. The normalized spacial score (nSPS) is 10.1. The Morgan fingerprint density at radius 3 is 2.29 bits per heavy atom. The Kier molecular flexibility index (Phi) is 6.33. The number of nitrogens with two attached hydrogens (primary N) is 1. The van der Waals surface area contributed by atoms with Crippen molar-refractivity contribution >= 4 is 23.2 Å². The number of hydrogen-bond donors (Lipinski definition) is 3. The third kappa shape index (κ3) is 4.57. The first-order valence-electron chi connectivity index (χ1n) is 7.69. The van der Waals surface area contributed by atoms with E-state index in [9.17, 15) is 9.59 Å². The molecular weight excluding hydrogens is 306 g/mol. The molecule has 4 N–H and O–H groups in total. The highest BCUT2D eigenvalue weighted by Gasteiger charge is 2.14. The fourth-order valence-electron chi connectivity index (χ4n) is 2.20. The minimum absolute atomic E-state index is 0.139. The molecule has 2 aromatic carbocycles. The average Bonchev–Trinajstić information content (AvgIpc) is 2.61. The summed E-state index contributed by atoms with van der Waals surface area (Å²) in [5.74, 6) is 0.0370. The largest absolute Gasteiger partial charge is 0.496 e. The quantitative estimate of drug-likeness (QED) is 0.729. The zero-order valence-corrected chi connectivity index (χ0v) is 13.5. The van der Waals surface area contributed by atoms with Crippen molar-refractivity contribution in [1.29, 1.82) is 0 Å². The van der Waals surface area contributed by atoms with Crippen molar-refractivity contribution in [3.63, 3.8) is 0 Å². The van der Waals surface area contributed by atoms with E-state index in [0.29, 0.717) is 42.1 Å². The lowest BCUT2D eigenvalue weighted by molar-refractivity contribution is -0.116. The van der Waals surface area contributed by atoms with Gasteiger partial charge < -0.3 is 21.1 Å². The number of amides is 2. The van der Waals surface area contributed by atoms with E-state index in [0.717, 1.165) is 0 Å². The van der Waals surface area contributed by atoms with Gasteiger partial charge in [0, 0.05) is 6.42 Å². The van der Waals surface area contributed by atoms with Gasteiger partial charge in [0.25, 0.3) is 5.91 Å². The van der Waals surface area contributed by atoms with Gasteiger partial charge in [0.2, 0.25) is 5.91 Å². The van der Waals surface area contributed by atoms with Crippen molar-refractivity contribution in [2.24, 2.45) is 5.73 Å². The molecule has 0 atom stereocenters. The van der Waals surface area contributed by atoms with Gasteiger partial charge >= 0.3 is 0 Å². The molecule has 0 aliphatic carbocycles. The van der Waals surface area contributed by atoms with Crippen LogP contribution in [0.15, 0.2) is 48.5 Å². The Hall–Kier alpha value is -2.86. The van der Waals surface area contributed by atoms with Gasteiger partial charge in [0.1, 0.15) is 5.75 Å². The van der Waals surface area contributed by atoms with E-state index in [1.165, 1.54) is 7.11 Å². The van der Waals surface area contributed by atoms with Gasteiger partial charge in [-0.25, -0.2) is 0 Å². The van der Waals surface area contributed by atoms with E-state index in [1.807, 2.05) is 0 Å². The van der Waals surface area contributed by atoms with Crippen LogP contribution in [0.25, 0.3) is 0 Å². The highest BCUT2D eigenvalue weighted by molar-refractivity contribution is 6.08. The lowest BCUT2D eigenvalue weighted by atomic mass is 10.1. The maximum atomic E-state index is 12.5. The summed E-state index contributed by atoms with van der Waals surface area (Å²) in [6.45, 7) is 0.458. The summed E-state index contributed by atoms with van der Waals surface area (Å²) in [6, 6.07) is 14.0. The molecule has 6 heteroatoms. The summed E-state index contributed by atoms with van der Waals surface area (Å²) in [5.41, 5.74) is 6.90. The molecule has 24 heavy (non-hydrogen) atoms. The molecule has 0 aliphatic heterocycles. The molecule has 2 rings (SSSR count). The molecular formula is C18H21N3O3. The monoisotopic (exact) mass is 327 g/mol. The standard InChI is InChI=1S/C18H21N3O3/c1-24-16-10-5-2-7-13(16)18(23)21-15-9-4-3-8-14(15)20-17(22)11-6-12-19/h2-5,7-10H,6,11-12,19H2,1H3,(H,20,22)(H,21,23). The number of rotatable bonds is 7. The zero-order chi connectivity index (χ0) is 17.4. The van der Waals surface area contributed by atoms with Crippen molar-refractivity contribution < 1.29 is 14.3 Å². The van der Waals surface area contributed by atoms with E-state index in [-0.39, 0.29) is 11.8 Å². The minimum atomic E-state index is -0.309. The molecule has 2 amide bonds. The van der Waals surface area contributed by atoms with E-state index >= 15 is 0 Å². The Labute approximate surface area is 141 Å². The first kappa shape index (κ1) is 17.5. The Bertz CT molecular complexity index is 716. The molecule has 0 fully saturated rings. The lowest BCUT2D eigenvalue weighted by Crippen LogP contribution is -2.17. The summed E-state index contributed by atoms with van der Waals surface area (Å²) < 4.78 is 5.20. The van der Waals surface area contributed by atoms with Gasteiger partial charge in [-0.15, -0.1) is 0 Å². The fraction of sp³-hybridized carbons (Fsp3) is 0.222. The van der Waals surface area contributed by atoms with Crippen LogP contribution in [0.2, 0.25) is 0 Å². The van der Waals surface area contributed by atoms with Crippen molar-refractivity contribution in [2.75, 3.05) is 24.3 Å². The maximum absolute atomic E-state index is 12.5. The second-order valence-corrected chi connectivity index (χ2v) is 5.14. The molecule has 0 saturated carbocycles. The van der Waals surface area contributed by atoms with Crippen LogP contribution in [-0.2, 0) is 4.79 Å². The molecule has 2 aromatic rings. The molecule has 0 bridgehead atoms. The number of benzene rings is 2. The highest BCUT2D eigenvalue weighted by Crippen LogP contribution is 2.24. The Balaban J connectivity index is 2.15.